The zero-order valence-corrected chi connectivity index (χ0v) is 11.7. The van der Waals surface area contributed by atoms with Gasteiger partial charge in [0.2, 0.25) is 0 Å². The summed E-state index contributed by atoms with van der Waals surface area (Å²) in [6, 6.07) is 0. The summed E-state index contributed by atoms with van der Waals surface area (Å²) in [6.07, 6.45) is -2.48. The molecule has 3 heterocycles. The van der Waals surface area contributed by atoms with Crippen LogP contribution in [0.1, 0.15) is 13.2 Å². The van der Waals surface area contributed by atoms with E-state index in [9.17, 15) is 15.0 Å². The van der Waals surface area contributed by atoms with Crippen molar-refractivity contribution in [2.75, 3.05) is 12.3 Å². The van der Waals surface area contributed by atoms with E-state index in [4.69, 9.17) is 15.2 Å². The third-order valence-corrected chi connectivity index (χ3v) is 3.42. The monoisotopic (exact) mass is 309 g/mol. The lowest BCUT2D eigenvalue weighted by Crippen LogP contribution is -2.37. The molecule has 3 rings (SSSR count). The van der Waals surface area contributed by atoms with Crippen LogP contribution in [0.3, 0.4) is 0 Å². The Morgan fingerprint density at radius 2 is 2.18 bits per heavy atom. The molecule has 0 spiro atoms. The van der Waals surface area contributed by atoms with Crippen LogP contribution in [-0.2, 0) is 14.3 Å². The summed E-state index contributed by atoms with van der Waals surface area (Å²) in [5.41, 5.74) is 6.36. The number of esters is 1. The summed E-state index contributed by atoms with van der Waals surface area (Å²) in [4.78, 5) is 23.6. The second-order valence-electron chi connectivity index (χ2n) is 4.76. The normalized spacial score (nSPS) is 28.1. The Balaban J connectivity index is 1.94. The van der Waals surface area contributed by atoms with Gasteiger partial charge in [-0.3, -0.25) is 4.57 Å². The second kappa shape index (κ2) is 5.48. The summed E-state index contributed by atoms with van der Waals surface area (Å²) in [5.74, 6) is -0.561. The molecule has 0 unspecified atom stereocenters. The van der Waals surface area contributed by atoms with E-state index in [1.165, 1.54) is 17.2 Å². The van der Waals surface area contributed by atoms with Crippen LogP contribution in [-0.4, -0.2) is 60.6 Å². The number of imidazole rings is 1. The molecule has 10 heteroatoms. The van der Waals surface area contributed by atoms with Gasteiger partial charge in [0.05, 0.1) is 12.9 Å². The Hall–Kier alpha value is -2.30. The number of carbonyl (C=O) groups is 1. The van der Waals surface area contributed by atoms with Crippen molar-refractivity contribution in [3.63, 3.8) is 0 Å². The van der Waals surface area contributed by atoms with Gasteiger partial charge in [0.15, 0.2) is 23.8 Å². The van der Waals surface area contributed by atoms with Crippen molar-refractivity contribution < 1.29 is 24.5 Å². The lowest BCUT2D eigenvalue weighted by Gasteiger charge is -2.16. The van der Waals surface area contributed by atoms with Gasteiger partial charge in [0.1, 0.15) is 24.1 Å². The topological polar surface area (TPSA) is 146 Å². The Bertz CT molecular complexity index is 704. The minimum absolute atomic E-state index is 0.143. The molecule has 0 aliphatic carbocycles. The van der Waals surface area contributed by atoms with E-state index < -0.39 is 30.5 Å². The van der Waals surface area contributed by atoms with Crippen molar-refractivity contribution in [3.8, 4) is 0 Å². The quantitative estimate of drug-likeness (QED) is 0.582. The molecule has 4 atom stereocenters. The first kappa shape index (κ1) is 14.6. The molecule has 0 aromatic carbocycles. The number of nitrogens with zero attached hydrogens (tertiary/aromatic N) is 4. The molecule has 1 fully saturated rings. The fourth-order valence-electron chi connectivity index (χ4n) is 2.36. The Morgan fingerprint density at radius 3 is 2.91 bits per heavy atom. The average molecular weight is 309 g/mol. The number of aliphatic hydroxyl groups excluding tert-OH is 2. The van der Waals surface area contributed by atoms with Crippen LogP contribution in [0.15, 0.2) is 12.7 Å². The predicted octanol–water partition coefficient (Wildman–Crippen LogP) is -1.41. The average Bonchev–Trinajstić information content (AvgIpc) is 3.03. The molecule has 0 bridgehead atoms. The van der Waals surface area contributed by atoms with Crippen LogP contribution in [0.25, 0.3) is 11.2 Å². The number of hydrogen-bond acceptors (Lipinski definition) is 9. The highest BCUT2D eigenvalue weighted by Gasteiger charge is 2.48. The van der Waals surface area contributed by atoms with E-state index in [0.717, 1.165) is 0 Å². The van der Waals surface area contributed by atoms with Crippen molar-refractivity contribution in [2.24, 2.45) is 0 Å². The number of hydrogen-bond donors (Lipinski definition) is 3. The molecule has 2 aromatic rings. The van der Waals surface area contributed by atoms with Crippen molar-refractivity contribution in [1.29, 1.82) is 0 Å². The lowest BCUT2D eigenvalue weighted by atomic mass is 10.1. The summed E-state index contributed by atoms with van der Waals surface area (Å²) in [7, 11) is 0. The number of anilines is 1. The molecule has 1 aliphatic heterocycles. The van der Waals surface area contributed by atoms with Gasteiger partial charge in [-0.05, 0) is 6.92 Å². The van der Waals surface area contributed by atoms with Gasteiger partial charge in [0.25, 0.3) is 0 Å². The third kappa shape index (κ3) is 2.17. The van der Waals surface area contributed by atoms with Crippen LogP contribution in [0.4, 0.5) is 5.82 Å². The van der Waals surface area contributed by atoms with Crippen LogP contribution in [0.5, 0.6) is 0 Å². The Morgan fingerprint density at radius 1 is 1.41 bits per heavy atom. The van der Waals surface area contributed by atoms with E-state index in [1.54, 1.807) is 6.92 Å². The predicted molar refractivity (Wildman–Crippen MR) is 72.3 cm³/mol. The highest BCUT2D eigenvalue weighted by Crippen LogP contribution is 2.32. The Kier molecular flexibility index (Phi) is 3.64. The highest BCUT2D eigenvalue weighted by atomic mass is 16.6. The molecule has 22 heavy (non-hydrogen) atoms. The van der Waals surface area contributed by atoms with Crippen LogP contribution >= 0.6 is 0 Å². The van der Waals surface area contributed by atoms with Gasteiger partial charge in [-0.25, -0.2) is 19.7 Å². The molecule has 0 radical (unpaired) electrons. The largest absolute Gasteiger partial charge is 0.464 e. The number of fused-ring (bicyclic) bond motifs is 1. The first-order chi connectivity index (χ1) is 10.5. The van der Waals surface area contributed by atoms with Crippen molar-refractivity contribution in [1.82, 2.24) is 19.5 Å². The number of rotatable bonds is 3. The summed E-state index contributed by atoms with van der Waals surface area (Å²) in [6.45, 7) is 1.78. The number of nitrogen functional groups attached to an aromatic ring is 1. The van der Waals surface area contributed by atoms with E-state index >= 15 is 0 Å². The van der Waals surface area contributed by atoms with E-state index in [2.05, 4.69) is 15.0 Å². The number of aromatic nitrogens is 4. The number of ether oxygens (including phenoxy) is 2. The van der Waals surface area contributed by atoms with Crippen molar-refractivity contribution >= 4 is 23.0 Å². The SMILES string of the molecule is CCOC(=O)[C@H]1O[C@@H](n2cnc3c(N)ncnc32)[C@H](O)[C@@H]1O. The Labute approximate surface area is 124 Å². The minimum atomic E-state index is -1.42. The smallest absolute Gasteiger partial charge is 0.338 e. The molecule has 10 nitrogen and oxygen atoms in total. The molecule has 1 aliphatic rings. The van der Waals surface area contributed by atoms with Crippen molar-refractivity contribution in [3.05, 3.63) is 12.7 Å². The maximum Gasteiger partial charge on any atom is 0.338 e. The summed E-state index contributed by atoms with van der Waals surface area (Å²) in [5, 5.41) is 20.1. The first-order valence-corrected chi connectivity index (χ1v) is 6.65. The van der Waals surface area contributed by atoms with E-state index in [0.29, 0.717) is 11.2 Å². The van der Waals surface area contributed by atoms with Crippen LogP contribution in [0, 0.1) is 0 Å². The molecule has 0 saturated carbocycles. The molecule has 0 amide bonds. The van der Waals surface area contributed by atoms with Gasteiger partial charge in [-0.1, -0.05) is 0 Å². The molecule has 4 N–H and O–H groups in total. The number of nitrogens with two attached hydrogens (primary N) is 1. The molecular formula is C12H15N5O5. The highest BCUT2D eigenvalue weighted by molar-refractivity contribution is 5.81. The second-order valence-corrected chi connectivity index (χ2v) is 4.76. The third-order valence-electron chi connectivity index (χ3n) is 3.42. The van der Waals surface area contributed by atoms with Gasteiger partial charge in [0, 0.05) is 0 Å². The standard InChI is InChI=1S/C12H15N5O5/c1-2-21-12(20)8-6(18)7(19)11(22-8)17-4-16-5-9(13)14-3-15-10(5)17/h3-4,6-8,11,18-19H,2H2,1H3,(H2,13,14,15)/t6-,7+,8-,11+/m0/s1. The molecule has 1 saturated heterocycles. The first-order valence-electron chi connectivity index (χ1n) is 6.65. The maximum atomic E-state index is 11.7. The fraction of sp³-hybridized carbons (Fsp3) is 0.500. The zero-order valence-electron chi connectivity index (χ0n) is 11.7. The molecule has 118 valence electrons. The summed E-state index contributed by atoms with van der Waals surface area (Å²) < 4.78 is 11.6. The summed E-state index contributed by atoms with van der Waals surface area (Å²) >= 11 is 0. The number of aliphatic hydroxyl groups is 2. The molecular weight excluding hydrogens is 294 g/mol. The van der Waals surface area contributed by atoms with Crippen LogP contribution in [0.2, 0.25) is 0 Å². The van der Waals surface area contributed by atoms with Gasteiger partial charge in [-0.2, -0.15) is 0 Å². The van der Waals surface area contributed by atoms with Crippen LogP contribution < -0.4 is 5.73 Å². The molecule has 2 aromatic heterocycles. The maximum absolute atomic E-state index is 11.7. The van der Waals surface area contributed by atoms with Gasteiger partial charge >= 0.3 is 5.97 Å². The van der Waals surface area contributed by atoms with Gasteiger partial charge < -0.3 is 25.4 Å². The lowest BCUT2D eigenvalue weighted by molar-refractivity contribution is -0.161. The van der Waals surface area contributed by atoms with Gasteiger partial charge in [-0.15, -0.1) is 0 Å². The number of carbonyl (C=O) groups excluding carboxylic acids is 1. The van der Waals surface area contributed by atoms with E-state index in [1.807, 2.05) is 0 Å². The van der Waals surface area contributed by atoms with Crippen molar-refractivity contribution in [2.45, 2.75) is 31.5 Å². The fourth-order valence-corrected chi connectivity index (χ4v) is 2.36. The zero-order chi connectivity index (χ0) is 15.9. The van der Waals surface area contributed by atoms with E-state index in [-0.39, 0.29) is 12.4 Å². The minimum Gasteiger partial charge on any atom is -0.464 e.